The molecule has 66 valence electrons. The van der Waals surface area contributed by atoms with E-state index in [-0.39, 0.29) is 0 Å². The topological polar surface area (TPSA) is 25.8 Å². The highest BCUT2D eigenvalue weighted by atomic mass is 14.8. The number of aryl methyl sites for hydroxylation is 2. The highest BCUT2D eigenvalue weighted by molar-refractivity contribution is 5.74. The Morgan fingerprint density at radius 3 is 2.92 bits per heavy atom. The first-order valence-electron chi connectivity index (χ1n) is 4.52. The van der Waals surface area contributed by atoms with Crippen LogP contribution in [0, 0.1) is 6.92 Å². The number of hydrogen-bond donors (Lipinski definition) is 0. The maximum Gasteiger partial charge on any atom is 0.0890 e. The molecule has 13 heavy (non-hydrogen) atoms. The van der Waals surface area contributed by atoms with E-state index < -0.39 is 0 Å². The van der Waals surface area contributed by atoms with Gasteiger partial charge in [-0.3, -0.25) is 9.97 Å². The van der Waals surface area contributed by atoms with Crippen LogP contribution < -0.4 is 0 Å². The number of pyridine rings is 2. The molecule has 0 aliphatic carbocycles. The molecule has 0 atom stereocenters. The minimum Gasteiger partial charge on any atom is -0.255 e. The molecule has 2 rings (SSSR count). The summed E-state index contributed by atoms with van der Waals surface area (Å²) in [6.45, 7) is 4.21. The van der Waals surface area contributed by atoms with Crippen LogP contribution in [0.4, 0.5) is 0 Å². The Kier molecular flexibility index (Phi) is 1.97. The van der Waals surface area contributed by atoms with E-state index in [2.05, 4.69) is 29.9 Å². The van der Waals surface area contributed by atoms with E-state index >= 15 is 0 Å². The van der Waals surface area contributed by atoms with E-state index in [1.165, 1.54) is 11.3 Å². The summed E-state index contributed by atoms with van der Waals surface area (Å²) in [7, 11) is 0. The Morgan fingerprint density at radius 2 is 2.15 bits per heavy atom. The molecule has 2 heteroatoms. The number of fused-ring (bicyclic) bond motifs is 1. The summed E-state index contributed by atoms with van der Waals surface area (Å²) >= 11 is 0. The second-order valence-corrected chi connectivity index (χ2v) is 3.15. The predicted molar refractivity (Wildman–Crippen MR) is 53.7 cm³/mol. The molecule has 0 N–H and O–H groups in total. The van der Waals surface area contributed by atoms with E-state index in [4.69, 9.17) is 0 Å². The lowest BCUT2D eigenvalue weighted by Gasteiger charge is -2.03. The third-order valence-corrected chi connectivity index (χ3v) is 2.21. The van der Waals surface area contributed by atoms with Gasteiger partial charge in [-0.05, 0) is 37.1 Å². The van der Waals surface area contributed by atoms with Gasteiger partial charge in [0.2, 0.25) is 0 Å². The van der Waals surface area contributed by atoms with Crippen molar-refractivity contribution < 1.29 is 0 Å². The number of hydrogen-bond acceptors (Lipinski definition) is 2. The number of aromatic nitrogens is 2. The molecule has 0 aliphatic heterocycles. The zero-order valence-corrected chi connectivity index (χ0v) is 7.91. The van der Waals surface area contributed by atoms with Crippen LogP contribution >= 0.6 is 0 Å². The minimum atomic E-state index is 0.983. The van der Waals surface area contributed by atoms with Gasteiger partial charge in [-0.15, -0.1) is 0 Å². The molecule has 2 heterocycles. The first-order chi connectivity index (χ1) is 6.31. The van der Waals surface area contributed by atoms with Crippen LogP contribution in [0.1, 0.15) is 18.2 Å². The number of nitrogens with zero attached hydrogens (tertiary/aromatic N) is 2. The van der Waals surface area contributed by atoms with Crippen LogP contribution in [0.2, 0.25) is 0 Å². The largest absolute Gasteiger partial charge is 0.255 e. The molecule has 0 saturated heterocycles. The second-order valence-electron chi connectivity index (χ2n) is 3.15. The molecule has 0 spiro atoms. The lowest BCUT2D eigenvalue weighted by Crippen LogP contribution is -1.93. The van der Waals surface area contributed by atoms with Crippen molar-refractivity contribution >= 4 is 11.0 Å². The lowest BCUT2D eigenvalue weighted by molar-refractivity contribution is 1.03. The molecule has 0 unspecified atom stereocenters. The Labute approximate surface area is 77.6 Å². The first kappa shape index (κ1) is 8.17. The normalized spacial score (nSPS) is 10.6. The highest BCUT2D eigenvalue weighted by Crippen LogP contribution is 2.13. The molecule has 2 nitrogen and oxygen atoms in total. The van der Waals surface area contributed by atoms with E-state index in [1.807, 2.05) is 12.1 Å². The molecule has 0 fully saturated rings. The van der Waals surface area contributed by atoms with Gasteiger partial charge in [0.1, 0.15) is 0 Å². The average Bonchev–Trinajstić information content (AvgIpc) is 2.17. The van der Waals surface area contributed by atoms with Gasteiger partial charge in [-0.1, -0.05) is 6.92 Å². The second kappa shape index (κ2) is 3.13. The van der Waals surface area contributed by atoms with Crippen LogP contribution in [0.5, 0.6) is 0 Å². The van der Waals surface area contributed by atoms with Crippen LogP contribution in [-0.4, -0.2) is 9.97 Å². The summed E-state index contributed by atoms with van der Waals surface area (Å²) in [5, 5.41) is 0. The maximum atomic E-state index is 4.53. The predicted octanol–water partition coefficient (Wildman–Crippen LogP) is 2.50. The van der Waals surface area contributed by atoms with Crippen LogP contribution in [0.15, 0.2) is 24.4 Å². The summed E-state index contributed by atoms with van der Waals surface area (Å²) in [4.78, 5) is 8.79. The standard InChI is InChI=1S/C11H12N2/c1-3-9-8(2)7-11-10(13-9)5-4-6-12-11/h4-7H,3H2,1-2H3. The zero-order valence-electron chi connectivity index (χ0n) is 7.91. The fourth-order valence-corrected chi connectivity index (χ4v) is 1.49. The van der Waals surface area contributed by atoms with Gasteiger partial charge in [-0.25, -0.2) is 0 Å². The smallest absolute Gasteiger partial charge is 0.0890 e. The van der Waals surface area contributed by atoms with Crippen molar-refractivity contribution in [3.63, 3.8) is 0 Å². The van der Waals surface area contributed by atoms with Gasteiger partial charge in [0.05, 0.1) is 11.0 Å². The number of rotatable bonds is 1. The summed E-state index contributed by atoms with van der Waals surface area (Å²) in [6, 6.07) is 6.02. The molecule has 0 aliphatic rings. The molecule has 0 amide bonds. The van der Waals surface area contributed by atoms with Gasteiger partial charge in [0.15, 0.2) is 0 Å². The van der Waals surface area contributed by atoms with Crippen molar-refractivity contribution in [2.75, 3.05) is 0 Å². The molecular formula is C11H12N2. The highest BCUT2D eigenvalue weighted by Gasteiger charge is 2.00. The van der Waals surface area contributed by atoms with E-state index in [1.54, 1.807) is 6.20 Å². The molecule has 0 aromatic carbocycles. The third kappa shape index (κ3) is 1.39. The average molecular weight is 172 g/mol. The fourth-order valence-electron chi connectivity index (χ4n) is 1.49. The Balaban J connectivity index is 2.74. The van der Waals surface area contributed by atoms with Crippen LogP contribution in [0.25, 0.3) is 11.0 Å². The van der Waals surface area contributed by atoms with Crippen molar-refractivity contribution in [2.45, 2.75) is 20.3 Å². The molecule has 0 bridgehead atoms. The van der Waals surface area contributed by atoms with Gasteiger partial charge < -0.3 is 0 Å². The van der Waals surface area contributed by atoms with E-state index in [0.717, 1.165) is 17.5 Å². The van der Waals surface area contributed by atoms with Gasteiger partial charge in [0.25, 0.3) is 0 Å². The molecule has 0 radical (unpaired) electrons. The molecule has 2 aromatic rings. The van der Waals surface area contributed by atoms with Crippen LogP contribution in [-0.2, 0) is 6.42 Å². The SMILES string of the molecule is CCc1nc2cccnc2cc1C. The quantitative estimate of drug-likeness (QED) is 0.660. The van der Waals surface area contributed by atoms with Crippen LogP contribution in [0.3, 0.4) is 0 Å². The monoisotopic (exact) mass is 172 g/mol. The van der Waals surface area contributed by atoms with Crippen molar-refractivity contribution in [1.29, 1.82) is 0 Å². The summed E-state index contributed by atoms with van der Waals surface area (Å²) in [5.41, 5.74) is 4.37. The zero-order chi connectivity index (χ0) is 9.26. The van der Waals surface area contributed by atoms with Crippen molar-refractivity contribution in [3.05, 3.63) is 35.7 Å². The summed E-state index contributed by atoms with van der Waals surface area (Å²) < 4.78 is 0. The fraction of sp³-hybridized carbons (Fsp3) is 0.273. The first-order valence-corrected chi connectivity index (χ1v) is 4.52. The lowest BCUT2D eigenvalue weighted by atomic mass is 10.1. The Bertz CT molecular complexity index is 435. The van der Waals surface area contributed by atoms with Crippen molar-refractivity contribution in [1.82, 2.24) is 9.97 Å². The maximum absolute atomic E-state index is 4.53. The minimum absolute atomic E-state index is 0.983. The van der Waals surface area contributed by atoms with Crippen molar-refractivity contribution in [3.8, 4) is 0 Å². The van der Waals surface area contributed by atoms with Gasteiger partial charge in [-0.2, -0.15) is 0 Å². The molecule has 2 aromatic heterocycles. The summed E-state index contributed by atoms with van der Waals surface area (Å²) in [5.74, 6) is 0. The molecule has 0 saturated carbocycles. The Hall–Kier alpha value is -1.44. The van der Waals surface area contributed by atoms with E-state index in [9.17, 15) is 0 Å². The van der Waals surface area contributed by atoms with E-state index in [0.29, 0.717) is 0 Å². The third-order valence-electron chi connectivity index (χ3n) is 2.21. The summed E-state index contributed by atoms with van der Waals surface area (Å²) in [6.07, 6.45) is 2.78. The van der Waals surface area contributed by atoms with Gasteiger partial charge in [0, 0.05) is 11.9 Å². The van der Waals surface area contributed by atoms with Crippen molar-refractivity contribution in [2.24, 2.45) is 0 Å². The molecular weight excluding hydrogens is 160 g/mol. The Morgan fingerprint density at radius 1 is 1.31 bits per heavy atom. The van der Waals surface area contributed by atoms with Gasteiger partial charge >= 0.3 is 0 Å².